The summed E-state index contributed by atoms with van der Waals surface area (Å²) in [6, 6.07) is 15.3. The number of thioether (sulfide) groups is 1. The van der Waals surface area contributed by atoms with E-state index in [1.165, 1.54) is 23.1 Å². The highest BCUT2D eigenvalue weighted by atomic mass is 32.2. The number of aromatic nitrogens is 3. The second kappa shape index (κ2) is 11.4. The van der Waals surface area contributed by atoms with E-state index in [-0.39, 0.29) is 23.3 Å². The van der Waals surface area contributed by atoms with Crippen molar-refractivity contribution in [1.29, 1.82) is 0 Å². The Labute approximate surface area is 223 Å². The largest absolute Gasteiger partial charge is 0.494 e. The number of nitrogens with zero attached hydrogens (tertiary/aromatic N) is 3. The Bertz CT molecular complexity index is 1490. The number of hydrogen-bond donors (Lipinski definition) is 1. The number of carbonyl (C=O) groups is 1. The number of nitrogens with one attached hydrogen (secondary N) is 1. The number of carbonyl (C=O) groups excluding carboxylic acids is 1. The monoisotopic (exact) mass is 540 g/mol. The standard InChI is InChI=1S/C26H28N4O3S3/c1-5-17(4)27-21(31)15-35-25-28-23-22(24(32)30(25)19-9-7-16(3)8-10-19)36-26(34)29(23)18-11-13-20(14-12-18)33-6-2/h7-14,17H,5-6,15H2,1-4H3,(H,27,31)/t17-/m0/s1. The van der Waals surface area contributed by atoms with Gasteiger partial charge in [0.15, 0.2) is 14.8 Å². The van der Waals surface area contributed by atoms with Gasteiger partial charge in [-0.1, -0.05) is 47.7 Å². The van der Waals surface area contributed by atoms with E-state index >= 15 is 0 Å². The lowest BCUT2D eigenvalue weighted by molar-refractivity contribution is -0.119. The number of amides is 1. The van der Waals surface area contributed by atoms with Gasteiger partial charge < -0.3 is 10.1 Å². The van der Waals surface area contributed by atoms with Crippen molar-refractivity contribution in [3.8, 4) is 17.1 Å². The van der Waals surface area contributed by atoms with Gasteiger partial charge in [0.05, 0.1) is 18.0 Å². The molecular weight excluding hydrogens is 513 g/mol. The van der Waals surface area contributed by atoms with Crippen molar-refractivity contribution in [3.05, 3.63) is 68.4 Å². The van der Waals surface area contributed by atoms with E-state index in [0.29, 0.717) is 31.8 Å². The molecule has 36 heavy (non-hydrogen) atoms. The minimum atomic E-state index is -0.213. The summed E-state index contributed by atoms with van der Waals surface area (Å²) in [6.07, 6.45) is 0.841. The minimum absolute atomic E-state index is 0.0781. The molecule has 2 aromatic carbocycles. The van der Waals surface area contributed by atoms with E-state index in [0.717, 1.165) is 23.4 Å². The summed E-state index contributed by atoms with van der Waals surface area (Å²) in [6.45, 7) is 8.48. The Hall–Kier alpha value is -2.95. The Morgan fingerprint density at radius 3 is 2.39 bits per heavy atom. The first-order chi connectivity index (χ1) is 17.3. The van der Waals surface area contributed by atoms with Gasteiger partial charge in [-0.3, -0.25) is 18.7 Å². The molecule has 4 aromatic rings. The van der Waals surface area contributed by atoms with Crippen LogP contribution in [-0.4, -0.2) is 38.4 Å². The number of thiazole rings is 1. The van der Waals surface area contributed by atoms with Crippen molar-refractivity contribution in [2.24, 2.45) is 0 Å². The van der Waals surface area contributed by atoms with Crippen molar-refractivity contribution in [1.82, 2.24) is 19.4 Å². The van der Waals surface area contributed by atoms with E-state index in [1.54, 1.807) is 9.13 Å². The normalized spacial score (nSPS) is 12.0. The van der Waals surface area contributed by atoms with E-state index in [1.807, 2.05) is 76.2 Å². The molecule has 10 heteroatoms. The lowest BCUT2D eigenvalue weighted by atomic mass is 10.2. The van der Waals surface area contributed by atoms with Crippen LogP contribution >= 0.6 is 35.3 Å². The van der Waals surface area contributed by atoms with Gasteiger partial charge in [-0.2, -0.15) is 0 Å². The molecule has 4 rings (SSSR count). The molecule has 0 unspecified atom stereocenters. The van der Waals surface area contributed by atoms with Gasteiger partial charge in [0.2, 0.25) is 5.91 Å². The van der Waals surface area contributed by atoms with E-state index in [2.05, 4.69) is 5.32 Å². The second-order valence-corrected chi connectivity index (χ2v) is 10.9. The number of benzene rings is 2. The van der Waals surface area contributed by atoms with Crippen molar-refractivity contribution in [2.45, 2.75) is 45.3 Å². The van der Waals surface area contributed by atoms with Gasteiger partial charge in [0, 0.05) is 11.7 Å². The SMILES string of the molecule is CCOc1ccc(-n2c(=S)sc3c(=O)n(-c4ccc(C)cc4)c(SCC(=O)N[C@@H](C)CC)nc32)cc1. The molecule has 7 nitrogen and oxygen atoms in total. The van der Waals surface area contributed by atoms with Crippen LogP contribution in [0.3, 0.4) is 0 Å². The summed E-state index contributed by atoms with van der Waals surface area (Å²) in [5.74, 6) is 0.792. The lowest BCUT2D eigenvalue weighted by Crippen LogP contribution is -2.33. The molecule has 0 aliphatic heterocycles. The molecule has 0 saturated heterocycles. The molecule has 1 N–H and O–H groups in total. The summed E-state index contributed by atoms with van der Waals surface area (Å²) in [5, 5.41) is 3.40. The van der Waals surface area contributed by atoms with Crippen LogP contribution in [-0.2, 0) is 4.79 Å². The lowest BCUT2D eigenvalue weighted by Gasteiger charge is -2.14. The molecule has 0 radical (unpaired) electrons. The van der Waals surface area contributed by atoms with Gasteiger partial charge in [0.1, 0.15) is 10.4 Å². The maximum absolute atomic E-state index is 13.8. The van der Waals surface area contributed by atoms with Crippen LogP contribution < -0.4 is 15.6 Å². The third-order valence-corrected chi connectivity index (χ3v) is 7.92. The van der Waals surface area contributed by atoms with Crippen molar-refractivity contribution in [2.75, 3.05) is 12.4 Å². The van der Waals surface area contributed by atoms with E-state index in [4.69, 9.17) is 21.9 Å². The molecule has 1 amide bonds. The first-order valence-corrected chi connectivity index (χ1v) is 13.9. The van der Waals surface area contributed by atoms with Crippen LogP contribution in [0.25, 0.3) is 21.7 Å². The Kier molecular flexibility index (Phi) is 8.28. The molecule has 0 saturated carbocycles. The van der Waals surface area contributed by atoms with Gasteiger partial charge in [-0.15, -0.1) is 0 Å². The number of fused-ring (bicyclic) bond motifs is 1. The van der Waals surface area contributed by atoms with Crippen molar-refractivity contribution < 1.29 is 9.53 Å². The molecule has 0 fully saturated rings. The highest BCUT2D eigenvalue weighted by molar-refractivity contribution is 7.99. The number of ether oxygens (including phenoxy) is 1. The van der Waals surface area contributed by atoms with Crippen LogP contribution in [0.5, 0.6) is 5.75 Å². The fourth-order valence-electron chi connectivity index (χ4n) is 3.59. The van der Waals surface area contributed by atoms with E-state index < -0.39 is 0 Å². The smallest absolute Gasteiger partial charge is 0.278 e. The van der Waals surface area contributed by atoms with E-state index in [9.17, 15) is 9.59 Å². The first-order valence-electron chi connectivity index (χ1n) is 11.7. The number of hydrogen-bond acceptors (Lipinski definition) is 7. The van der Waals surface area contributed by atoms with Crippen molar-refractivity contribution >= 4 is 51.6 Å². The summed E-state index contributed by atoms with van der Waals surface area (Å²) in [5.41, 5.74) is 2.83. The summed E-state index contributed by atoms with van der Waals surface area (Å²) in [4.78, 5) is 31.2. The fraction of sp³-hybridized carbons (Fsp3) is 0.308. The molecule has 0 bridgehead atoms. The van der Waals surface area contributed by atoms with Crippen LogP contribution in [0.1, 0.15) is 32.8 Å². The maximum atomic E-state index is 13.8. The number of aryl methyl sites for hydroxylation is 1. The Balaban J connectivity index is 1.84. The Morgan fingerprint density at radius 2 is 1.75 bits per heavy atom. The highest BCUT2D eigenvalue weighted by Crippen LogP contribution is 2.28. The maximum Gasteiger partial charge on any atom is 0.278 e. The minimum Gasteiger partial charge on any atom is -0.494 e. The van der Waals surface area contributed by atoms with Crippen molar-refractivity contribution in [3.63, 3.8) is 0 Å². The average molecular weight is 541 g/mol. The zero-order chi connectivity index (χ0) is 25.8. The molecule has 2 heterocycles. The van der Waals surface area contributed by atoms with Crippen LogP contribution in [0.4, 0.5) is 0 Å². The molecule has 1 atom stereocenters. The average Bonchev–Trinajstić information content (AvgIpc) is 3.20. The van der Waals surface area contributed by atoms with Crippen LogP contribution in [0.15, 0.2) is 58.5 Å². The fourth-order valence-corrected chi connectivity index (χ4v) is 5.71. The molecule has 0 aliphatic carbocycles. The predicted molar refractivity (Wildman–Crippen MR) is 150 cm³/mol. The first kappa shape index (κ1) is 26.1. The summed E-state index contributed by atoms with van der Waals surface area (Å²) in [7, 11) is 0. The highest BCUT2D eigenvalue weighted by Gasteiger charge is 2.20. The van der Waals surface area contributed by atoms with Crippen LogP contribution in [0.2, 0.25) is 0 Å². The van der Waals surface area contributed by atoms with Gasteiger partial charge in [0.25, 0.3) is 5.56 Å². The zero-order valence-electron chi connectivity index (χ0n) is 20.6. The number of rotatable bonds is 9. The predicted octanol–water partition coefficient (Wildman–Crippen LogP) is 5.68. The van der Waals surface area contributed by atoms with Crippen LogP contribution in [0, 0.1) is 10.9 Å². The summed E-state index contributed by atoms with van der Waals surface area (Å²) < 4.78 is 9.90. The third-order valence-electron chi connectivity index (χ3n) is 5.63. The van der Waals surface area contributed by atoms with Gasteiger partial charge in [-0.25, -0.2) is 4.98 Å². The molecule has 188 valence electrons. The topological polar surface area (TPSA) is 78.1 Å². The second-order valence-electron chi connectivity index (χ2n) is 8.32. The van der Waals surface area contributed by atoms with Gasteiger partial charge in [-0.05, 0) is 75.8 Å². The Morgan fingerprint density at radius 1 is 1.11 bits per heavy atom. The van der Waals surface area contributed by atoms with Gasteiger partial charge >= 0.3 is 0 Å². The quantitative estimate of drug-likeness (QED) is 0.167. The molecular formula is C26H28N4O3S3. The molecule has 0 aliphatic rings. The molecule has 0 spiro atoms. The zero-order valence-corrected chi connectivity index (χ0v) is 23.1. The third kappa shape index (κ3) is 5.55. The summed E-state index contributed by atoms with van der Waals surface area (Å²) >= 11 is 8.13. The molecule has 2 aromatic heterocycles.